The summed E-state index contributed by atoms with van der Waals surface area (Å²) in [4.78, 5) is 5.59. The van der Waals surface area contributed by atoms with Crippen molar-refractivity contribution in [2.24, 2.45) is 0 Å². The highest BCUT2D eigenvalue weighted by molar-refractivity contribution is 7.99. The molecule has 3 rings (SSSR count). The predicted octanol–water partition coefficient (Wildman–Crippen LogP) is 5.35. The first kappa shape index (κ1) is 14.8. The molecule has 0 aliphatic rings. The Morgan fingerprint density at radius 3 is 2.62 bits per heavy atom. The minimum atomic E-state index is 0.736. The molecule has 0 unspecified atom stereocenters. The van der Waals surface area contributed by atoms with E-state index in [1.165, 1.54) is 15.8 Å². The molecule has 0 bridgehead atoms. The average Bonchev–Trinajstić information content (AvgIpc) is 2.84. The van der Waals surface area contributed by atoms with E-state index in [1.807, 2.05) is 43.6 Å². The van der Waals surface area contributed by atoms with Gasteiger partial charge in [0.15, 0.2) is 0 Å². The van der Waals surface area contributed by atoms with Gasteiger partial charge in [-0.3, -0.25) is 0 Å². The van der Waals surface area contributed by atoms with E-state index >= 15 is 0 Å². The van der Waals surface area contributed by atoms with Gasteiger partial charge in [-0.25, -0.2) is 0 Å². The molecule has 2 aromatic carbocycles. The Hall–Kier alpha value is -1.13. The van der Waals surface area contributed by atoms with Crippen LogP contribution in [0.3, 0.4) is 0 Å². The van der Waals surface area contributed by atoms with Crippen molar-refractivity contribution in [3.8, 4) is 0 Å². The Balaban J connectivity index is 2.00. The highest BCUT2D eigenvalue weighted by Gasteiger charge is 2.09. The third-order valence-electron chi connectivity index (χ3n) is 3.22. The zero-order chi connectivity index (χ0) is 14.8. The first-order valence-electron chi connectivity index (χ1n) is 6.55. The van der Waals surface area contributed by atoms with E-state index in [-0.39, 0.29) is 0 Å². The number of nitrogens with one attached hydrogen (secondary N) is 2. The van der Waals surface area contributed by atoms with E-state index in [1.54, 1.807) is 11.8 Å². The minimum Gasteiger partial charge on any atom is -0.360 e. The third-order valence-corrected chi connectivity index (χ3v) is 4.85. The lowest BCUT2D eigenvalue weighted by atomic mass is 10.2. The molecular formula is C16H14Cl2N2S. The highest BCUT2D eigenvalue weighted by atomic mass is 35.5. The van der Waals surface area contributed by atoms with Gasteiger partial charge in [-0.15, -0.1) is 0 Å². The molecular weight excluding hydrogens is 323 g/mol. The molecule has 0 aliphatic carbocycles. The van der Waals surface area contributed by atoms with Crippen LogP contribution >= 0.6 is 35.0 Å². The topological polar surface area (TPSA) is 27.8 Å². The van der Waals surface area contributed by atoms with Gasteiger partial charge < -0.3 is 10.3 Å². The highest BCUT2D eigenvalue weighted by Crippen LogP contribution is 2.37. The normalized spacial score (nSPS) is 11.2. The number of rotatable bonds is 4. The fraction of sp³-hybridized carbons (Fsp3) is 0.125. The maximum absolute atomic E-state index is 6.14. The van der Waals surface area contributed by atoms with Crippen molar-refractivity contribution in [1.82, 2.24) is 10.3 Å². The summed E-state index contributed by atoms with van der Waals surface area (Å²) < 4.78 is 0. The summed E-state index contributed by atoms with van der Waals surface area (Å²) in [5.74, 6) is 0. The van der Waals surface area contributed by atoms with Crippen LogP contribution in [-0.4, -0.2) is 12.0 Å². The lowest BCUT2D eigenvalue weighted by Gasteiger charge is -2.09. The molecule has 1 heterocycles. The number of benzene rings is 2. The summed E-state index contributed by atoms with van der Waals surface area (Å²) in [6.45, 7) is 0.813. The molecule has 0 aliphatic heterocycles. The van der Waals surface area contributed by atoms with Gasteiger partial charge in [0.1, 0.15) is 0 Å². The van der Waals surface area contributed by atoms with Crippen LogP contribution in [-0.2, 0) is 6.54 Å². The van der Waals surface area contributed by atoms with Crippen LogP contribution in [0.5, 0.6) is 0 Å². The summed E-state index contributed by atoms with van der Waals surface area (Å²) in [5.41, 5.74) is 2.28. The van der Waals surface area contributed by atoms with Crippen molar-refractivity contribution >= 4 is 45.9 Å². The molecule has 2 nitrogen and oxygen atoms in total. The number of halogens is 2. The minimum absolute atomic E-state index is 0.736. The number of aromatic amines is 1. The fourth-order valence-corrected chi connectivity index (χ4v) is 3.74. The maximum Gasteiger partial charge on any atom is 0.0480 e. The molecule has 1 aromatic heterocycles. The quantitative estimate of drug-likeness (QED) is 0.672. The van der Waals surface area contributed by atoms with Crippen LogP contribution < -0.4 is 5.32 Å². The molecule has 108 valence electrons. The molecule has 0 spiro atoms. The second kappa shape index (κ2) is 6.32. The molecule has 0 atom stereocenters. The van der Waals surface area contributed by atoms with Crippen molar-refractivity contribution in [3.63, 3.8) is 0 Å². The van der Waals surface area contributed by atoms with Gasteiger partial charge in [0.2, 0.25) is 0 Å². The van der Waals surface area contributed by atoms with E-state index in [0.717, 1.165) is 27.0 Å². The molecule has 0 radical (unpaired) electrons. The number of hydrogen-bond acceptors (Lipinski definition) is 2. The maximum atomic E-state index is 6.14. The smallest absolute Gasteiger partial charge is 0.0480 e. The van der Waals surface area contributed by atoms with Crippen LogP contribution in [0.4, 0.5) is 0 Å². The Labute approximate surface area is 137 Å². The zero-order valence-electron chi connectivity index (χ0n) is 11.4. The fourth-order valence-electron chi connectivity index (χ4n) is 2.23. The van der Waals surface area contributed by atoms with Crippen LogP contribution in [0.1, 0.15) is 5.56 Å². The van der Waals surface area contributed by atoms with Crippen LogP contribution in [0, 0.1) is 0 Å². The average molecular weight is 337 g/mol. The largest absolute Gasteiger partial charge is 0.360 e. The Morgan fingerprint density at radius 1 is 1.05 bits per heavy atom. The molecule has 3 aromatic rings. The van der Waals surface area contributed by atoms with Crippen molar-refractivity contribution in [2.75, 3.05) is 7.05 Å². The first-order chi connectivity index (χ1) is 10.2. The molecule has 0 saturated heterocycles. The zero-order valence-corrected chi connectivity index (χ0v) is 13.7. The van der Waals surface area contributed by atoms with Gasteiger partial charge in [0, 0.05) is 43.5 Å². The van der Waals surface area contributed by atoms with Gasteiger partial charge in [-0.1, -0.05) is 47.1 Å². The standard InChI is InChI=1S/C16H14Cl2N2S/c1-19-8-10-2-3-12(18)7-15(10)21-16-9-20-14-6-11(17)4-5-13(14)16/h2-7,9,19-20H,8H2,1H3. The lowest BCUT2D eigenvalue weighted by molar-refractivity contribution is 0.803. The summed E-state index contributed by atoms with van der Waals surface area (Å²) in [7, 11) is 1.94. The molecule has 2 N–H and O–H groups in total. The number of aromatic nitrogens is 1. The molecule has 0 saturated carbocycles. The van der Waals surface area contributed by atoms with Crippen molar-refractivity contribution in [2.45, 2.75) is 16.3 Å². The Kier molecular flexibility index (Phi) is 4.45. The molecule has 0 amide bonds. The van der Waals surface area contributed by atoms with Gasteiger partial charge >= 0.3 is 0 Å². The van der Waals surface area contributed by atoms with Crippen molar-refractivity contribution < 1.29 is 0 Å². The Bertz CT molecular complexity index is 783. The summed E-state index contributed by atoms with van der Waals surface area (Å²) in [6.07, 6.45) is 2.01. The van der Waals surface area contributed by atoms with E-state index < -0.39 is 0 Å². The van der Waals surface area contributed by atoms with Gasteiger partial charge in [0.05, 0.1) is 0 Å². The van der Waals surface area contributed by atoms with Gasteiger partial charge in [0.25, 0.3) is 0 Å². The van der Waals surface area contributed by atoms with E-state index in [4.69, 9.17) is 23.2 Å². The van der Waals surface area contributed by atoms with E-state index in [2.05, 4.69) is 16.4 Å². The van der Waals surface area contributed by atoms with Crippen molar-refractivity contribution in [1.29, 1.82) is 0 Å². The number of hydrogen-bond donors (Lipinski definition) is 2. The second-order valence-electron chi connectivity index (χ2n) is 4.73. The summed E-state index contributed by atoms with van der Waals surface area (Å²) >= 11 is 13.9. The van der Waals surface area contributed by atoms with E-state index in [9.17, 15) is 0 Å². The number of H-pyrrole nitrogens is 1. The molecule has 5 heteroatoms. The monoisotopic (exact) mass is 336 g/mol. The van der Waals surface area contributed by atoms with Crippen molar-refractivity contribution in [3.05, 3.63) is 58.2 Å². The molecule has 21 heavy (non-hydrogen) atoms. The van der Waals surface area contributed by atoms with Gasteiger partial charge in [-0.05, 0) is 36.9 Å². The summed E-state index contributed by atoms with van der Waals surface area (Å²) in [5, 5.41) is 5.84. The van der Waals surface area contributed by atoms with Gasteiger partial charge in [-0.2, -0.15) is 0 Å². The van der Waals surface area contributed by atoms with Crippen LogP contribution in [0.15, 0.2) is 52.4 Å². The molecule has 0 fully saturated rings. The third kappa shape index (κ3) is 3.22. The van der Waals surface area contributed by atoms with Crippen LogP contribution in [0.25, 0.3) is 10.9 Å². The van der Waals surface area contributed by atoms with Crippen LogP contribution in [0.2, 0.25) is 10.0 Å². The lowest BCUT2D eigenvalue weighted by Crippen LogP contribution is -2.05. The first-order valence-corrected chi connectivity index (χ1v) is 8.12. The number of fused-ring (bicyclic) bond motifs is 1. The SMILES string of the molecule is CNCc1ccc(Cl)cc1Sc1c[nH]c2cc(Cl)ccc12. The van der Waals surface area contributed by atoms with E-state index in [0.29, 0.717) is 0 Å². The summed E-state index contributed by atoms with van der Waals surface area (Å²) in [6, 6.07) is 11.9. The predicted molar refractivity (Wildman–Crippen MR) is 91.6 cm³/mol. The second-order valence-corrected chi connectivity index (χ2v) is 6.68. The Morgan fingerprint density at radius 2 is 1.81 bits per heavy atom.